The van der Waals surface area contributed by atoms with Crippen molar-refractivity contribution in [3.8, 4) is 0 Å². The van der Waals surface area contributed by atoms with Gasteiger partial charge in [0, 0.05) is 12.1 Å². The van der Waals surface area contributed by atoms with Gasteiger partial charge in [-0.1, -0.05) is 11.6 Å². The minimum Gasteiger partial charge on any atom is -0.397 e. The smallest absolute Gasteiger partial charge is 0.226 e. The van der Waals surface area contributed by atoms with Crippen molar-refractivity contribution in [2.75, 3.05) is 24.8 Å². The molecule has 0 radical (unpaired) electrons. The monoisotopic (exact) mass is 228 g/mol. The summed E-state index contributed by atoms with van der Waals surface area (Å²) < 4.78 is 4.79. The maximum Gasteiger partial charge on any atom is 0.226 e. The summed E-state index contributed by atoms with van der Waals surface area (Å²) in [6.07, 6.45) is 0.294. The second-order valence-electron chi connectivity index (χ2n) is 3.02. The van der Waals surface area contributed by atoms with Gasteiger partial charge in [0.15, 0.2) is 0 Å². The maximum absolute atomic E-state index is 11.3. The first-order valence-electron chi connectivity index (χ1n) is 4.47. The van der Waals surface area contributed by atoms with E-state index in [1.807, 2.05) is 0 Å². The predicted molar refractivity (Wildman–Crippen MR) is 61.0 cm³/mol. The third-order valence-electron chi connectivity index (χ3n) is 1.82. The molecule has 4 nitrogen and oxygen atoms in total. The number of nitrogens with one attached hydrogen (secondary N) is 1. The minimum absolute atomic E-state index is 0.147. The Balaban J connectivity index is 2.63. The number of anilines is 2. The molecule has 0 saturated carbocycles. The summed E-state index contributed by atoms with van der Waals surface area (Å²) in [5.74, 6) is -0.147. The van der Waals surface area contributed by atoms with Crippen molar-refractivity contribution in [3.63, 3.8) is 0 Å². The highest BCUT2D eigenvalue weighted by atomic mass is 35.5. The first-order chi connectivity index (χ1) is 7.13. The van der Waals surface area contributed by atoms with Crippen molar-refractivity contribution in [2.45, 2.75) is 6.42 Å². The number of carbonyl (C=O) groups is 1. The molecule has 3 N–H and O–H groups in total. The zero-order chi connectivity index (χ0) is 11.3. The highest BCUT2D eigenvalue weighted by Crippen LogP contribution is 2.22. The molecule has 0 aliphatic rings. The van der Waals surface area contributed by atoms with Crippen LogP contribution in [0.3, 0.4) is 0 Å². The number of carbonyl (C=O) groups excluding carboxylic acids is 1. The summed E-state index contributed by atoms with van der Waals surface area (Å²) in [4.78, 5) is 11.3. The lowest BCUT2D eigenvalue weighted by atomic mass is 10.2. The second-order valence-corrected chi connectivity index (χ2v) is 3.46. The average Bonchev–Trinajstić information content (AvgIpc) is 2.20. The van der Waals surface area contributed by atoms with Crippen LogP contribution in [0.15, 0.2) is 18.2 Å². The zero-order valence-corrected chi connectivity index (χ0v) is 9.17. The Morgan fingerprint density at radius 3 is 3.00 bits per heavy atom. The second kappa shape index (κ2) is 5.58. The molecule has 1 amide bonds. The molecule has 0 aliphatic carbocycles. The van der Waals surface area contributed by atoms with E-state index in [-0.39, 0.29) is 5.91 Å². The largest absolute Gasteiger partial charge is 0.397 e. The molecule has 1 aromatic rings. The van der Waals surface area contributed by atoms with Crippen LogP contribution in [0.2, 0.25) is 5.02 Å². The van der Waals surface area contributed by atoms with Crippen molar-refractivity contribution in [2.24, 2.45) is 0 Å². The van der Waals surface area contributed by atoms with Crippen molar-refractivity contribution in [3.05, 3.63) is 23.2 Å². The first kappa shape index (κ1) is 11.8. The third-order valence-corrected chi connectivity index (χ3v) is 2.06. The number of halogens is 1. The lowest BCUT2D eigenvalue weighted by molar-refractivity contribution is -0.117. The fourth-order valence-electron chi connectivity index (χ4n) is 1.04. The van der Waals surface area contributed by atoms with Crippen LogP contribution in [0.4, 0.5) is 11.4 Å². The Labute approximate surface area is 93.4 Å². The number of nitrogens with two attached hydrogens (primary N) is 1. The molecule has 0 heterocycles. The summed E-state index contributed by atoms with van der Waals surface area (Å²) in [7, 11) is 1.54. The van der Waals surface area contributed by atoms with E-state index in [0.29, 0.717) is 29.4 Å². The molecule has 0 aromatic heterocycles. The molecule has 0 bridgehead atoms. The molecule has 0 unspecified atom stereocenters. The molecule has 5 heteroatoms. The van der Waals surface area contributed by atoms with Crippen LogP contribution in [-0.4, -0.2) is 19.6 Å². The van der Waals surface area contributed by atoms with Crippen LogP contribution in [-0.2, 0) is 9.53 Å². The number of hydrogen-bond acceptors (Lipinski definition) is 3. The first-order valence-corrected chi connectivity index (χ1v) is 4.85. The van der Waals surface area contributed by atoms with E-state index < -0.39 is 0 Å². The topological polar surface area (TPSA) is 64.3 Å². The maximum atomic E-state index is 11.3. The van der Waals surface area contributed by atoms with E-state index in [9.17, 15) is 4.79 Å². The SMILES string of the molecule is COCCC(=O)Nc1cc(Cl)ccc1N. The minimum atomic E-state index is -0.147. The van der Waals surface area contributed by atoms with Gasteiger partial charge < -0.3 is 15.8 Å². The number of hydrogen-bond donors (Lipinski definition) is 2. The van der Waals surface area contributed by atoms with E-state index in [0.717, 1.165) is 0 Å². The Bertz CT molecular complexity index is 355. The van der Waals surface area contributed by atoms with E-state index in [2.05, 4.69) is 5.32 Å². The number of ether oxygens (including phenoxy) is 1. The molecular formula is C10H13ClN2O2. The molecule has 1 rings (SSSR count). The quantitative estimate of drug-likeness (QED) is 0.774. The lowest BCUT2D eigenvalue weighted by Gasteiger charge is -2.08. The normalized spacial score (nSPS) is 10.0. The lowest BCUT2D eigenvalue weighted by Crippen LogP contribution is -2.14. The van der Waals surface area contributed by atoms with Crippen molar-refractivity contribution < 1.29 is 9.53 Å². The molecule has 0 saturated heterocycles. The fourth-order valence-corrected chi connectivity index (χ4v) is 1.22. The van der Waals surface area contributed by atoms with Gasteiger partial charge >= 0.3 is 0 Å². The molecule has 1 aromatic carbocycles. The number of rotatable bonds is 4. The van der Waals surface area contributed by atoms with Gasteiger partial charge in [-0.15, -0.1) is 0 Å². The highest BCUT2D eigenvalue weighted by Gasteiger charge is 2.05. The van der Waals surface area contributed by atoms with E-state index in [1.54, 1.807) is 25.3 Å². The number of benzene rings is 1. The number of amides is 1. The standard InChI is InChI=1S/C10H13ClN2O2/c1-15-5-4-10(14)13-9-6-7(11)2-3-8(9)12/h2-3,6H,4-5,12H2,1H3,(H,13,14). The van der Waals surface area contributed by atoms with Gasteiger partial charge in [-0.3, -0.25) is 4.79 Å². The van der Waals surface area contributed by atoms with E-state index >= 15 is 0 Å². The van der Waals surface area contributed by atoms with Crippen molar-refractivity contribution >= 4 is 28.9 Å². The van der Waals surface area contributed by atoms with Crippen LogP contribution in [0.5, 0.6) is 0 Å². The summed E-state index contributed by atoms with van der Waals surface area (Å²) in [5.41, 5.74) is 6.68. The van der Waals surface area contributed by atoms with Crippen LogP contribution >= 0.6 is 11.6 Å². The Kier molecular flexibility index (Phi) is 4.39. The Hall–Kier alpha value is -1.26. The summed E-state index contributed by atoms with van der Waals surface area (Å²) in [6, 6.07) is 4.93. The van der Waals surface area contributed by atoms with E-state index in [1.165, 1.54) is 0 Å². The van der Waals surface area contributed by atoms with Crippen LogP contribution in [0.1, 0.15) is 6.42 Å². The number of methoxy groups -OCH3 is 1. The van der Waals surface area contributed by atoms with Crippen LogP contribution < -0.4 is 11.1 Å². The van der Waals surface area contributed by atoms with Gasteiger partial charge in [-0.25, -0.2) is 0 Å². The van der Waals surface area contributed by atoms with Crippen molar-refractivity contribution in [1.82, 2.24) is 0 Å². The summed E-state index contributed by atoms with van der Waals surface area (Å²) in [5, 5.41) is 3.19. The summed E-state index contributed by atoms with van der Waals surface area (Å²) in [6.45, 7) is 0.381. The molecule has 0 fully saturated rings. The molecular weight excluding hydrogens is 216 g/mol. The van der Waals surface area contributed by atoms with Gasteiger partial charge in [-0.2, -0.15) is 0 Å². The van der Waals surface area contributed by atoms with Crippen LogP contribution in [0.25, 0.3) is 0 Å². The molecule has 0 aliphatic heterocycles. The Morgan fingerprint density at radius 1 is 1.60 bits per heavy atom. The van der Waals surface area contributed by atoms with Gasteiger partial charge in [-0.05, 0) is 18.2 Å². The van der Waals surface area contributed by atoms with Gasteiger partial charge in [0.25, 0.3) is 0 Å². The molecule has 0 atom stereocenters. The zero-order valence-electron chi connectivity index (χ0n) is 8.42. The van der Waals surface area contributed by atoms with Crippen molar-refractivity contribution in [1.29, 1.82) is 0 Å². The third kappa shape index (κ3) is 3.77. The molecule has 82 valence electrons. The van der Waals surface area contributed by atoms with E-state index in [4.69, 9.17) is 22.1 Å². The molecule has 0 spiro atoms. The summed E-state index contributed by atoms with van der Waals surface area (Å²) >= 11 is 5.77. The number of nitrogen functional groups attached to an aromatic ring is 1. The average molecular weight is 229 g/mol. The Morgan fingerprint density at radius 2 is 2.33 bits per heavy atom. The van der Waals surface area contributed by atoms with Gasteiger partial charge in [0.05, 0.1) is 24.4 Å². The molecule has 15 heavy (non-hydrogen) atoms. The van der Waals surface area contributed by atoms with Gasteiger partial charge in [0.2, 0.25) is 5.91 Å². The predicted octanol–water partition coefficient (Wildman–Crippen LogP) is 1.90. The fraction of sp³-hybridized carbons (Fsp3) is 0.300. The van der Waals surface area contributed by atoms with Gasteiger partial charge in [0.1, 0.15) is 0 Å². The van der Waals surface area contributed by atoms with Crippen LogP contribution in [0, 0.1) is 0 Å². The highest BCUT2D eigenvalue weighted by molar-refractivity contribution is 6.31.